The highest BCUT2D eigenvalue weighted by atomic mass is 16.5. The molecule has 0 saturated heterocycles. The maximum atomic E-state index is 12.4. The quantitative estimate of drug-likeness (QED) is 0.244. The van der Waals surface area contributed by atoms with E-state index in [1.165, 1.54) is 12.8 Å². The Morgan fingerprint density at radius 1 is 1.26 bits per heavy atom. The van der Waals surface area contributed by atoms with Gasteiger partial charge >= 0.3 is 0 Å². The first-order chi connectivity index (χ1) is 16.5. The molecule has 2 aliphatic carbocycles. The summed E-state index contributed by atoms with van der Waals surface area (Å²) in [4.78, 5) is 12.4. The average molecular weight is 469 g/mol. The first-order valence-electron chi connectivity index (χ1n) is 13.4. The van der Waals surface area contributed by atoms with Crippen molar-refractivity contribution in [1.29, 1.82) is 0 Å². The van der Waals surface area contributed by atoms with E-state index in [-0.39, 0.29) is 23.6 Å². The van der Waals surface area contributed by atoms with Gasteiger partial charge in [-0.3, -0.25) is 4.79 Å². The molecule has 3 unspecified atom stereocenters. The number of ether oxygens (including phenoxy) is 2. The Hall–Kier alpha value is -2.07. The van der Waals surface area contributed by atoms with Crippen LogP contribution in [0.15, 0.2) is 36.4 Å². The summed E-state index contributed by atoms with van der Waals surface area (Å²) in [5.74, 6) is 2.16. The molecule has 0 amide bonds. The van der Waals surface area contributed by atoms with Gasteiger partial charge in [-0.15, -0.1) is 0 Å². The number of carbonyl (C=O) groups excluding carboxylic acids is 1. The largest absolute Gasteiger partial charge is 0.504 e. The molecule has 0 spiro atoms. The lowest BCUT2D eigenvalue weighted by molar-refractivity contribution is -0.114. The molecule has 0 aromatic heterocycles. The third kappa shape index (κ3) is 7.73. The highest BCUT2D eigenvalue weighted by Crippen LogP contribution is 2.45. The fourth-order valence-corrected chi connectivity index (χ4v) is 5.39. The zero-order chi connectivity index (χ0) is 24.3. The van der Waals surface area contributed by atoms with Crippen molar-refractivity contribution in [2.24, 2.45) is 11.8 Å². The van der Waals surface area contributed by atoms with E-state index in [4.69, 9.17) is 9.47 Å². The summed E-state index contributed by atoms with van der Waals surface area (Å²) in [7, 11) is 1.74. The zero-order valence-corrected chi connectivity index (χ0v) is 21.4. The fraction of sp³-hybridized carbons (Fsp3) is 0.633. The monoisotopic (exact) mass is 468 g/mol. The summed E-state index contributed by atoms with van der Waals surface area (Å²) < 4.78 is 11.8. The van der Waals surface area contributed by atoms with Crippen LogP contribution in [0.4, 0.5) is 0 Å². The van der Waals surface area contributed by atoms with Crippen LogP contribution in [0.25, 0.3) is 0 Å². The van der Waals surface area contributed by atoms with Gasteiger partial charge in [0.25, 0.3) is 0 Å². The summed E-state index contributed by atoms with van der Waals surface area (Å²) in [6.45, 7) is 5.06. The number of unbranched alkanes of at least 4 members (excludes halogenated alkanes) is 1. The van der Waals surface area contributed by atoms with Crippen molar-refractivity contribution in [1.82, 2.24) is 0 Å². The average Bonchev–Trinajstić information content (AvgIpc) is 3.34. The van der Waals surface area contributed by atoms with E-state index < -0.39 is 0 Å². The molecule has 0 radical (unpaired) electrons. The molecule has 3 atom stereocenters. The minimum Gasteiger partial charge on any atom is -0.504 e. The number of hydrogen-bond donors (Lipinski definition) is 1. The molecule has 3 rings (SSSR count). The van der Waals surface area contributed by atoms with Crippen LogP contribution in [0.2, 0.25) is 0 Å². The fourth-order valence-electron chi connectivity index (χ4n) is 5.39. The second kappa shape index (κ2) is 13.7. The Morgan fingerprint density at radius 3 is 2.76 bits per heavy atom. The summed E-state index contributed by atoms with van der Waals surface area (Å²) >= 11 is 0. The van der Waals surface area contributed by atoms with Crippen LogP contribution in [0.5, 0.6) is 11.5 Å². The van der Waals surface area contributed by atoms with E-state index in [2.05, 4.69) is 32.1 Å². The van der Waals surface area contributed by atoms with Crippen molar-refractivity contribution in [3.05, 3.63) is 47.6 Å². The highest BCUT2D eigenvalue weighted by molar-refractivity contribution is 5.89. The predicted molar refractivity (Wildman–Crippen MR) is 139 cm³/mol. The van der Waals surface area contributed by atoms with E-state index in [1.807, 2.05) is 12.1 Å². The third-order valence-electron chi connectivity index (χ3n) is 7.32. The molecule has 1 aromatic rings. The highest BCUT2D eigenvalue weighted by Gasteiger charge is 2.29. The first-order valence-corrected chi connectivity index (χ1v) is 13.4. The molecule has 34 heavy (non-hydrogen) atoms. The van der Waals surface area contributed by atoms with Crippen molar-refractivity contribution >= 4 is 5.78 Å². The molecule has 4 heteroatoms. The number of benzene rings is 1. The number of phenolic OH excluding ortho intramolecular Hbond substituents is 1. The van der Waals surface area contributed by atoms with Crippen molar-refractivity contribution < 1.29 is 19.4 Å². The lowest BCUT2D eigenvalue weighted by Crippen LogP contribution is -2.19. The van der Waals surface area contributed by atoms with E-state index in [1.54, 1.807) is 13.2 Å². The Balaban J connectivity index is 1.90. The third-order valence-corrected chi connectivity index (χ3v) is 7.32. The molecular formula is C30H44O4. The van der Waals surface area contributed by atoms with Gasteiger partial charge in [-0.1, -0.05) is 44.6 Å². The van der Waals surface area contributed by atoms with Crippen molar-refractivity contribution in [3.63, 3.8) is 0 Å². The Bertz CT molecular complexity index is 834. The molecule has 1 N–H and O–H groups in total. The van der Waals surface area contributed by atoms with Crippen LogP contribution >= 0.6 is 0 Å². The number of aryl methyl sites for hydroxylation is 1. The van der Waals surface area contributed by atoms with Crippen LogP contribution in [0.3, 0.4) is 0 Å². The first kappa shape index (κ1) is 26.5. The predicted octanol–water partition coefficient (Wildman–Crippen LogP) is 7.29. The minimum absolute atomic E-state index is 0.154. The van der Waals surface area contributed by atoms with Crippen LogP contribution in [0, 0.1) is 11.8 Å². The molecular weight excluding hydrogens is 424 g/mol. The van der Waals surface area contributed by atoms with E-state index in [0.29, 0.717) is 37.0 Å². The summed E-state index contributed by atoms with van der Waals surface area (Å²) in [6.07, 6.45) is 19.1. The number of rotatable bonds is 13. The van der Waals surface area contributed by atoms with Crippen molar-refractivity contribution in [3.8, 4) is 11.5 Å². The lowest BCUT2D eigenvalue weighted by Gasteiger charge is -2.31. The summed E-state index contributed by atoms with van der Waals surface area (Å²) in [5.41, 5.74) is 2.01. The topological polar surface area (TPSA) is 55.8 Å². The van der Waals surface area contributed by atoms with Gasteiger partial charge in [0, 0.05) is 25.7 Å². The molecule has 188 valence electrons. The number of carbonyl (C=O) groups is 1. The van der Waals surface area contributed by atoms with Crippen molar-refractivity contribution in [2.45, 2.75) is 96.5 Å². The van der Waals surface area contributed by atoms with E-state index >= 15 is 0 Å². The van der Waals surface area contributed by atoms with Crippen molar-refractivity contribution in [2.75, 3.05) is 13.7 Å². The number of methoxy groups -OCH3 is 1. The van der Waals surface area contributed by atoms with Gasteiger partial charge in [0.05, 0.1) is 6.10 Å². The normalized spacial score (nSPS) is 21.9. The molecule has 0 aliphatic heterocycles. The summed E-state index contributed by atoms with van der Waals surface area (Å²) in [6, 6.07) is 4.08. The maximum absolute atomic E-state index is 12.4. The molecule has 2 aliphatic rings. The van der Waals surface area contributed by atoms with Crippen LogP contribution < -0.4 is 4.74 Å². The maximum Gasteiger partial charge on any atom is 0.161 e. The van der Waals surface area contributed by atoms with Gasteiger partial charge in [0.2, 0.25) is 0 Å². The number of aromatic hydroxyl groups is 1. The molecule has 1 aromatic carbocycles. The minimum atomic E-state index is 0.154. The Labute approximate surface area is 206 Å². The Kier molecular flexibility index (Phi) is 10.7. The SMILES string of the molecule is CCCC=CC(=O)CCc1cc(OC2CCCC2)c(O)c(C(CCOC)C2C=CCC(C)C2)c1. The lowest BCUT2D eigenvalue weighted by atomic mass is 9.75. The standard InChI is InChI=1S/C30H44O4/c1-4-5-6-12-25(31)16-15-23-20-28(30(32)29(21-23)34-26-13-7-8-14-26)27(17-18-33-3)24-11-9-10-22(2)19-24/h6,9,11-12,20-22,24,26-27,32H,4-5,7-8,10,13-19H2,1-3H3. The zero-order valence-electron chi connectivity index (χ0n) is 21.4. The van der Waals surface area contributed by atoms with E-state index in [0.717, 1.165) is 56.1 Å². The van der Waals surface area contributed by atoms with E-state index in [9.17, 15) is 9.90 Å². The number of hydrogen-bond acceptors (Lipinski definition) is 4. The van der Waals surface area contributed by atoms with Gasteiger partial charge in [0.1, 0.15) is 0 Å². The van der Waals surface area contributed by atoms with Crippen LogP contribution in [-0.4, -0.2) is 30.7 Å². The molecule has 0 heterocycles. The molecule has 0 bridgehead atoms. The molecule has 1 saturated carbocycles. The second-order valence-electron chi connectivity index (χ2n) is 10.3. The molecule has 1 fully saturated rings. The van der Waals surface area contributed by atoms with Gasteiger partial charge in [-0.2, -0.15) is 0 Å². The molecule has 4 nitrogen and oxygen atoms in total. The van der Waals surface area contributed by atoms with Gasteiger partial charge in [-0.25, -0.2) is 0 Å². The van der Waals surface area contributed by atoms with Gasteiger partial charge < -0.3 is 14.6 Å². The van der Waals surface area contributed by atoms with Gasteiger partial charge in [0.15, 0.2) is 17.3 Å². The van der Waals surface area contributed by atoms with Crippen LogP contribution in [-0.2, 0) is 16.0 Å². The second-order valence-corrected chi connectivity index (χ2v) is 10.3. The smallest absolute Gasteiger partial charge is 0.161 e. The summed E-state index contributed by atoms with van der Waals surface area (Å²) in [5, 5.41) is 11.4. The van der Waals surface area contributed by atoms with Gasteiger partial charge in [-0.05, 0) is 93.2 Å². The Morgan fingerprint density at radius 2 is 2.06 bits per heavy atom. The van der Waals surface area contributed by atoms with Crippen LogP contribution in [0.1, 0.15) is 95.1 Å². The number of phenols is 1. The number of ketones is 1. The number of allylic oxidation sites excluding steroid dienone is 4.